The van der Waals surface area contributed by atoms with Crippen LogP contribution in [0.15, 0.2) is 78.9 Å². The number of ether oxygens (including phenoxy) is 3. The van der Waals surface area contributed by atoms with Gasteiger partial charge >= 0.3 is 5.97 Å². The Morgan fingerprint density at radius 3 is 2.14 bits per heavy atom. The Balaban J connectivity index is 0.00000136. The van der Waals surface area contributed by atoms with E-state index in [2.05, 4.69) is 0 Å². The van der Waals surface area contributed by atoms with E-state index in [9.17, 15) is 4.79 Å². The van der Waals surface area contributed by atoms with E-state index in [-0.39, 0.29) is 5.97 Å². The van der Waals surface area contributed by atoms with Crippen LogP contribution >= 0.6 is 0 Å². The number of carbonyl (C=O) groups excluding carboxylic acids is 1. The summed E-state index contributed by atoms with van der Waals surface area (Å²) in [5, 5.41) is 0. The largest absolute Gasteiger partial charge is 0.489 e. The van der Waals surface area contributed by atoms with Crippen molar-refractivity contribution < 1.29 is 19.0 Å². The molecular weight excluding hydrogens is 352 g/mol. The summed E-state index contributed by atoms with van der Waals surface area (Å²) in [5.74, 6) is 1.70. The van der Waals surface area contributed by atoms with Crippen LogP contribution in [0, 0.1) is 0 Å². The van der Waals surface area contributed by atoms with Crippen LogP contribution in [-0.4, -0.2) is 12.6 Å². The quantitative estimate of drug-likeness (QED) is 0.455. The number of hydrogen-bond acceptors (Lipinski definition) is 4. The van der Waals surface area contributed by atoms with Crippen molar-refractivity contribution >= 4 is 5.97 Å². The number of rotatable bonds is 7. The Morgan fingerprint density at radius 2 is 1.46 bits per heavy atom. The van der Waals surface area contributed by atoms with Gasteiger partial charge in [-0.1, -0.05) is 50.2 Å². The van der Waals surface area contributed by atoms with Crippen molar-refractivity contribution in [2.24, 2.45) is 0 Å². The lowest BCUT2D eigenvalue weighted by Gasteiger charge is -2.10. The Labute approximate surface area is 166 Å². The van der Waals surface area contributed by atoms with Gasteiger partial charge < -0.3 is 14.2 Å². The maximum absolute atomic E-state index is 11.7. The topological polar surface area (TPSA) is 44.8 Å². The van der Waals surface area contributed by atoms with E-state index in [0.717, 1.165) is 11.3 Å². The van der Waals surface area contributed by atoms with E-state index in [1.165, 1.54) is 0 Å². The highest BCUT2D eigenvalue weighted by Gasteiger charge is 2.07. The van der Waals surface area contributed by atoms with Crippen LogP contribution in [0.25, 0.3) is 0 Å². The summed E-state index contributed by atoms with van der Waals surface area (Å²) in [6.07, 6.45) is 0. The van der Waals surface area contributed by atoms with Crippen LogP contribution in [0.3, 0.4) is 0 Å². The summed E-state index contributed by atoms with van der Waals surface area (Å²) in [4.78, 5) is 11.7. The fraction of sp³-hybridized carbons (Fsp3) is 0.208. The molecule has 0 amide bonds. The fourth-order valence-electron chi connectivity index (χ4n) is 2.38. The molecular formula is C24H26O4. The third-order valence-electron chi connectivity index (χ3n) is 3.65. The Hall–Kier alpha value is -3.27. The first-order chi connectivity index (χ1) is 13.7. The van der Waals surface area contributed by atoms with Gasteiger partial charge in [-0.05, 0) is 48.9 Å². The Kier molecular flexibility index (Phi) is 8.60. The smallest absolute Gasteiger partial charge is 0.338 e. The van der Waals surface area contributed by atoms with Crippen molar-refractivity contribution in [2.45, 2.75) is 27.4 Å². The Bertz CT molecular complexity index is 842. The summed E-state index contributed by atoms with van der Waals surface area (Å²) >= 11 is 0. The number of carbonyl (C=O) groups is 1. The molecule has 0 atom stereocenters. The lowest BCUT2D eigenvalue weighted by Crippen LogP contribution is -2.04. The zero-order valence-electron chi connectivity index (χ0n) is 16.6. The molecule has 0 aromatic heterocycles. The second-order valence-corrected chi connectivity index (χ2v) is 5.60. The van der Waals surface area contributed by atoms with E-state index in [1.54, 1.807) is 31.2 Å². The highest BCUT2D eigenvalue weighted by molar-refractivity contribution is 5.89. The normalized spacial score (nSPS) is 9.68. The SMILES string of the molecule is CC.CCOC(=O)c1ccc(Oc2cccc(OCc3ccccc3)c2)cc1. The molecule has 0 aliphatic heterocycles. The van der Waals surface area contributed by atoms with Gasteiger partial charge in [-0.25, -0.2) is 4.79 Å². The summed E-state index contributed by atoms with van der Waals surface area (Å²) in [6, 6.07) is 24.3. The van der Waals surface area contributed by atoms with Crippen molar-refractivity contribution in [1.29, 1.82) is 0 Å². The predicted molar refractivity (Wildman–Crippen MR) is 111 cm³/mol. The van der Waals surface area contributed by atoms with E-state index in [1.807, 2.05) is 68.4 Å². The third-order valence-corrected chi connectivity index (χ3v) is 3.65. The first-order valence-electron chi connectivity index (χ1n) is 9.46. The summed E-state index contributed by atoms with van der Waals surface area (Å²) in [6.45, 7) is 6.63. The molecule has 146 valence electrons. The molecule has 4 nitrogen and oxygen atoms in total. The van der Waals surface area contributed by atoms with Crippen LogP contribution in [-0.2, 0) is 11.3 Å². The minimum absolute atomic E-state index is 0.338. The van der Waals surface area contributed by atoms with Crippen molar-refractivity contribution in [3.63, 3.8) is 0 Å². The fourth-order valence-corrected chi connectivity index (χ4v) is 2.38. The van der Waals surface area contributed by atoms with Crippen molar-refractivity contribution in [2.75, 3.05) is 6.61 Å². The molecule has 0 spiro atoms. The molecule has 3 rings (SSSR count). The third kappa shape index (κ3) is 6.47. The minimum atomic E-state index is -0.338. The minimum Gasteiger partial charge on any atom is -0.489 e. The number of esters is 1. The molecule has 0 fully saturated rings. The van der Waals surface area contributed by atoms with Crippen LogP contribution in [0.5, 0.6) is 17.2 Å². The summed E-state index contributed by atoms with van der Waals surface area (Å²) in [5.41, 5.74) is 1.60. The van der Waals surface area contributed by atoms with Crippen molar-refractivity contribution in [3.8, 4) is 17.2 Å². The molecule has 0 saturated carbocycles. The van der Waals surface area contributed by atoms with Gasteiger partial charge in [0.05, 0.1) is 12.2 Å². The van der Waals surface area contributed by atoms with Gasteiger partial charge in [0.15, 0.2) is 0 Å². The molecule has 0 bridgehead atoms. The predicted octanol–water partition coefficient (Wildman–Crippen LogP) is 6.26. The average Bonchev–Trinajstić information content (AvgIpc) is 2.75. The maximum atomic E-state index is 11.7. The molecule has 4 heteroatoms. The van der Waals surface area contributed by atoms with Crippen molar-refractivity contribution in [1.82, 2.24) is 0 Å². The molecule has 3 aromatic carbocycles. The number of hydrogen-bond donors (Lipinski definition) is 0. The van der Waals surface area contributed by atoms with E-state index >= 15 is 0 Å². The summed E-state index contributed by atoms with van der Waals surface area (Å²) < 4.78 is 16.6. The molecule has 28 heavy (non-hydrogen) atoms. The molecule has 0 unspecified atom stereocenters. The van der Waals surface area contributed by atoms with Gasteiger partial charge in [0.25, 0.3) is 0 Å². The Morgan fingerprint density at radius 1 is 0.786 bits per heavy atom. The van der Waals surface area contributed by atoms with Crippen LogP contribution in [0.1, 0.15) is 36.7 Å². The van der Waals surface area contributed by atoms with Gasteiger partial charge in [-0.2, -0.15) is 0 Å². The maximum Gasteiger partial charge on any atom is 0.338 e. The van der Waals surface area contributed by atoms with Crippen LogP contribution < -0.4 is 9.47 Å². The lowest BCUT2D eigenvalue weighted by molar-refractivity contribution is 0.0526. The van der Waals surface area contributed by atoms with Gasteiger partial charge in [-0.3, -0.25) is 0 Å². The first kappa shape index (κ1) is 21.0. The van der Waals surface area contributed by atoms with Gasteiger partial charge in [-0.15, -0.1) is 0 Å². The van der Waals surface area contributed by atoms with Gasteiger partial charge in [0, 0.05) is 6.07 Å². The van der Waals surface area contributed by atoms with Gasteiger partial charge in [0.1, 0.15) is 23.9 Å². The molecule has 0 saturated heterocycles. The summed E-state index contributed by atoms with van der Waals surface area (Å²) in [7, 11) is 0. The van der Waals surface area contributed by atoms with E-state index in [4.69, 9.17) is 14.2 Å². The van der Waals surface area contributed by atoms with Crippen LogP contribution in [0.2, 0.25) is 0 Å². The second-order valence-electron chi connectivity index (χ2n) is 5.60. The molecule has 0 heterocycles. The highest BCUT2D eigenvalue weighted by Crippen LogP contribution is 2.26. The zero-order chi connectivity index (χ0) is 20.2. The molecule has 0 radical (unpaired) electrons. The second kappa shape index (κ2) is 11.4. The van der Waals surface area contributed by atoms with Crippen LogP contribution in [0.4, 0.5) is 0 Å². The lowest BCUT2D eigenvalue weighted by atomic mass is 10.2. The highest BCUT2D eigenvalue weighted by atomic mass is 16.5. The number of benzene rings is 3. The zero-order valence-corrected chi connectivity index (χ0v) is 16.6. The monoisotopic (exact) mass is 378 g/mol. The standard InChI is InChI=1S/C22H20O4.C2H6/c1-2-24-22(23)18-11-13-19(14-12-18)26-21-10-6-9-20(15-21)25-16-17-7-4-3-5-8-17;1-2/h3-15H,2,16H2,1H3;1-2H3. The first-order valence-corrected chi connectivity index (χ1v) is 9.46. The average molecular weight is 378 g/mol. The molecule has 0 aliphatic rings. The van der Waals surface area contributed by atoms with Gasteiger partial charge in [0.2, 0.25) is 0 Å². The molecule has 3 aromatic rings. The van der Waals surface area contributed by atoms with E-state index < -0.39 is 0 Å². The van der Waals surface area contributed by atoms with E-state index in [0.29, 0.717) is 30.3 Å². The molecule has 0 aliphatic carbocycles. The molecule has 0 N–H and O–H groups in total. The van der Waals surface area contributed by atoms with Crippen molar-refractivity contribution in [3.05, 3.63) is 90.0 Å².